The van der Waals surface area contributed by atoms with Gasteiger partial charge in [0.15, 0.2) is 0 Å². The van der Waals surface area contributed by atoms with Crippen molar-refractivity contribution in [3.05, 3.63) is 35.4 Å². The lowest BCUT2D eigenvalue weighted by Gasteiger charge is -2.16. The van der Waals surface area contributed by atoms with E-state index in [1.54, 1.807) is 0 Å². The van der Waals surface area contributed by atoms with Gasteiger partial charge in [0.05, 0.1) is 0 Å². The largest absolute Gasteiger partial charge is 0.327 e. The van der Waals surface area contributed by atoms with Gasteiger partial charge in [0.1, 0.15) is 11.6 Å². The molecule has 1 nitrogen and oxygen atoms in total. The molecule has 0 radical (unpaired) electrons. The molecule has 1 aliphatic rings. The first-order valence-corrected chi connectivity index (χ1v) is 6.34. The highest BCUT2D eigenvalue weighted by atomic mass is 19.1. The van der Waals surface area contributed by atoms with E-state index in [-0.39, 0.29) is 6.04 Å². The lowest BCUT2D eigenvalue weighted by molar-refractivity contribution is 0.439. The summed E-state index contributed by atoms with van der Waals surface area (Å²) < 4.78 is 26.0. The van der Waals surface area contributed by atoms with E-state index >= 15 is 0 Å². The monoisotopic (exact) mass is 239 g/mol. The molecule has 0 saturated heterocycles. The quantitative estimate of drug-likeness (QED) is 0.856. The molecule has 1 saturated carbocycles. The zero-order valence-electron chi connectivity index (χ0n) is 9.96. The minimum absolute atomic E-state index is 0.0132. The molecule has 17 heavy (non-hydrogen) atoms. The smallest absolute Gasteiger partial charge is 0.126 e. The van der Waals surface area contributed by atoms with Crippen LogP contribution in [0.5, 0.6) is 0 Å². The predicted octanol–water partition coefficient (Wildman–Crippen LogP) is 3.41. The molecule has 0 aromatic heterocycles. The van der Waals surface area contributed by atoms with E-state index in [4.69, 9.17) is 5.73 Å². The van der Waals surface area contributed by atoms with Gasteiger partial charge >= 0.3 is 0 Å². The van der Waals surface area contributed by atoms with Crippen molar-refractivity contribution in [3.8, 4) is 0 Å². The zero-order valence-corrected chi connectivity index (χ0v) is 9.96. The minimum Gasteiger partial charge on any atom is -0.327 e. The Morgan fingerprint density at radius 1 is 1.12 bits per heavy atom. The van der Waals surface area contributed by atoms with Crippen molar-refractivity contribution in [2.24, 2.45) is 11.7 Å². The van der Waals surface area contributed by atoms with Crippen molar-refractivity contribution >= 4 is 0 Å². The molecule has 1 aliphatic carbocycles. The predicted molar refractivity (Wildman–Crippen MR) is 64.6 cm³/mol. The van der Waals surface area contributed by atoms with Gasteiger partial charge in [-0.1, -0.05) is 25.7 Å². The molecule has 2 N–H and O–H groups in total. The van der Waals surface area contributed by atoms with E-state index in [1.165, 1.54) is 37.8 Å². The maximum Gasteiger partial charge on any atom is 0.126 e. The molecule has 94 valence electrons. The molecule has 1 fully saturated rings. The van der Waals surface area contributed by atoms with E-state index in [1.807, 2.05) is 0 Å². The summed E-state index contributed by atoms with van der Waals surface area (Å²) >= 11 is 0. The summed E-state index contributed by atoms with van der Waals surface area (Å²) in [6, 6.07) is 3.65. The van der Waals surface area contributed by atoms with Crippen LogP contribution in [0, 0.1) is 17.6 Å². The third-order valence-electron chi connectivity index (χ3n) is 3.53. The van der Waals surface area contributed by atoms with Gasteiger partial charge < -0.3 is 5.73 Å². The first kappa shape index (κ1) is 12.5. The fourth-order valence-electron chi connectivity index (χ4n) is 2.79. The fraction of sp³-hybridized carbons (Fsp3) is 0.571. The maximum atomic E-state index is 13.0. The second kappa shape index (κ2) is 5.58. The number of hydrogen-bond donors (Lipinski definition) is 1. The molecule has 0 spiro atoms. The van der Waals surface area contributed by atoms with Crippen LogP contribution in [0.1, 0.15) is 37.7 Å². The van der Waals surface area contributed by atoms with Crippen LogP contribution in [0.3, 0.4) is 0 Å². The minimum atomic E-state index is -0.520. The summed E-state index contributed by atoms with van der Waals surface area (Å²) in [5.41, 5.74) is 6.70. The Balaban J connectivity index is 1.90. The van der Waals surface area contributed by atoms with E-state index in [0.717, 1.165) is 12.5 Å². The Morgan fingerprint density at radius 2 is 1.71 bits per heavy atom. The molecule has 1 aromatic rings. The lowest BCUT2D eigenvalue weighted by Crippen LogP contribution is -2.25. The SMILES string of the molecule is NC(Cc1cc(F)cc(F)c1)CC1CCCC1. The van der Waals surface area contributed by atoms with Crippen LogP contribution in [0.2, 0.25) is 0 Å². The van der Waals surface area contributed by atoms with Gasteiger partial charge in [0, 0.05) is 12.1 Å². The number of nitrogens with two attached hydrogens (primary N) is 1. The molecule has 0 bridgehead atoms. The van der Waals surface area contributed by atoms with Gasteiger partial charge in [-0.3, -0.25) is 0 Å². The summed E-state index contributed by atoms with van der Waals surface area (Å²) in [6.45, 7) is 0. The van der Waals surface area contributed by atoms with Crippen molar-refractivity contribution in [1.29, 1.82) is 0 Å². The van der Waals surface area contributed by atoms with E-state index in [9.17, 15) is 8.78 Å². The van der Waals surface area contributed by atoms with Crippen LogP contribution >= 0.6 is 0 Å². The Kier molecular flexibility index (Phi) is 4.11. The fourth-order valence-corrected chi connectivity index (χ4v) is 2.79. The summed E-state index contributed by atoms with van der Waals surface area (Å²) in [6.07, 6.45) is 6.64. The molecule has 3 heteroatoms. The number of hydrogen-bond acceptors (Lipinski definition) is 1. The van der Waals surface area contributed by atoms with Gasteiger partial charge in [-0.2, -0.15) is 0 Å². The van der Waals surface area contributed by atoms with Gasteiger partial charge in [-0.15, -0.1) is 0 Å². The van der Waals surface area contributed by atoms with Gasteiger partial charge in [0.2, 0.25) is 0 Å². The average molecular weight is 239 g/mol. The molecule has 0 amide bonds. The van der Waals surface area contributed by atoms with E-state index < -0.39 is 11.6 Å². The van der Waals surface area contributed by atoms with Crippen molar-refractivity contribution in [1.82, 2.24) is 0 Å². The third kappa shape index (κ3) is 3.77. The van der Waals surface area contributed by atoms with Crippen LogP contribution in [0.15, 0.2) is 18.2 Å². The molecule has 1 atom stereocenters. The molecule has 0 heterocycles. The molecule has 0 aliphatic heterocycles. The van der Waals surface area contributed by atoms with Gasteiger partial charge in [-0.05, 0) is 36.5 Å². The van der Waals surface area contributed by atoms with Gasteiger partial charge in [-0.25, -0.2) is 8.78 Å². The molecule has 1 aromatic carbocycles. The number of rotatable bonds is 4. The Bertz CT molecular complexity index is 352. The topological polar surface area (TPSA) is 26.0 Å². The number of benzene rings is 1. The normalized spacial score (nSPS) is 18.5. The summed E-state index contributed by atoms with van der Waals surface area (Å²) in [5.74, 6) is -0.329. The van der Waals surface area contributed by atoms with E-state index in [2.05, 4.69) is 0 Å². The van der Waals surface area contributed by atoms with Crippen LogP contribution in [0.4, 0.5) is 8.78 Å². The van der Waals surface area contributed by atoms with Crippen molar-refractivity contribution in [2.75, 3.05) is 0 Å². The van der Waals surface area contributed by atoms with Crippen molar-refractivity contribution in [2.45, 2.75) is 44.6 Å². The number of halogens is 2. The zero-order chi connectivity index (χ0) is 12.3. The van der Waals surface area contributed by atoms with Crippen LogP contribution in [-0.4, -0.2) is 6.04 Å². The second-order valence-corrected chi connectivity index (χ2v) is 5.13. The van der Waals surface area contributed by atoms with Crippen molar-refractivity contribution < 1.29 is 8.78 Å². The molecule has 1 unspecified atom stereocenters. The highest BCUT2D eigenvalue weighted by molar-refractivity contribution is 5.18. The van der Waals surface area contributed by atoms with Crippen LogP contribution in [-0.2, 0) is 6.42 Å². The van der Waals surface area contributed by atoms with Crippen LogP contribution < -0.4 is 5.73 Å². The first-order chi connectivity index (χ1) is 8.13. The van der Waals surface area contributed by atoms with E-state index in [0.29, 0.717) is 17.9 Å². The molecular formula is C14H19F2N. The lowest BCUT2D eigenvalue weighted by atomic mass is 9.94. The first-order valence-electron chi connectivity index (χ1n) is 6.34. The molecular weight excluding hydrogens is 220 g/mol. The van der Waals surface area contributed by atoms with Crippen molar-refractivity contribution in [3.63, 3.8) is 0 Å². The Hall–Kier alpha value is -0.960. The average Bonchev–Trinajstić information content (AvgIpc) is 2.67. The van der Waals surface area contributed by atoms with Crippen LogP contribution in [0.25, 0.3) is 0 Å². The maximum absolute atomic E-state index is 13.0. The third-order valence-corrected chi connectivity index (χ3v) is 3.53. The summed E-state index contributed by atoms with van der Waals surface area (Å²) in [4.78, 5) is 0. The second-order valence-electron chi connectivity index (χ2n) is 5.13. The molecule has 2 rings (SSSR count). The Labute approximate surface area is 101 Å². The highest BCUT2D eigenvalue weighted by Gasteiger charge is 2.18. The highest BCUT2D eigenvalue weighted by Crippen LogP contribution is 2.28. The van der Waals surface area contributed by atoms with Gasteiger partial charge in [0.25, 0.3) is 0 Å². The Morgan fingerprint density at radius 3 is 2.29 bits per heavy atom. The summed E-state index contributed by atoms with van der Waals surface area (Å²) in [7, 11) is 0. The summed E-state index contributed by atoms with van der Waals surface area (Å²) in [5, 5.41) is 0. The standard InChI is InChI=1S/C14H19F2N/c15-12-5-11(6-13(16)9-12)8-14(17)7-10-3-1-2-4-10/h5-6,9-10,14H,1-4,7-8,17H2.